The van der Waals surface area contributed by atoms with E-state index in [0.29, 0.717) is 35.2 Å². The largest absolute Gasteiger partial charge is 0.393 e. The lowest BCUT2D eigenvalue weighted by atomic mass is 9.42. The van der Waals surface area contributed by atoms with Crippen molar-refractivity contribution in [3.63, 3.8) is 0 Å². The first-order valence-corrected chi connectivity index (χ1v) is 15.8. The summed E-state index contributed by atoms with van der Waals surface area (Å²) in [6.45, 7) is 12.1. The fourth-order valence-electron chi connectivity index (χ4n) is 10.3. The second-order valence-corrected chi connectivity index (χ2v) is 14.8. The van der Waals surface area contributed by atoms with Gasteiger partial charge in [-0.2, -0.15) is 0 Å². The van der Waals surface area contributed by atoms with Crippen molar-refractivity contribution in [3.05, 3.63) is 35.9 Å². The lowest BCUT2D eigenvalue weighted by Crippen LogP contribution is -2.72. The summed E-state index contributed by atoms with van der Waals surface area (Å²) in [7, 11) is 0. The van der Waals surface area contributed by atoms with Gasteiger partial charge in [0.05, 0.1) is 17.7 Å². The van der Waals surface area contributed by atoms with Crippen LogP contribution in [-0.4, -0.2) is 33.9 Å². The zero-order valence-electron chi connectivity index (χ0n) is 24.6. The van der Waals surface area contributed by atoms with E-state index in [1.807, 2.05) is 30.3 Å². The highest BCUT2D eigenvalue weighted by molar-refractivity contribution is 5.94. The van der Waals surface area contributed by atoms with Crippen molar-refractivity contribution in [2.45, 2.75) is 123 Å². The third-order valence-corrected chi connectivity index (χ3v) is 12.4. The highest BCUT2D eigenvalue weighted by atomic mass is 16.3. The molecule has 38 heavy (non-hydrogen) atoms. The number of carbonyl (C=O) groups excluding carboxylic acids is 1. The van der Waals surface area contributed by atoms with Crippen LogP contribution in [0.15, 0.2) is 30.3 Å². The number of aliphatic hydroxyl groups excluding tert-OH is 1. The molecule has 0 aromatic heterocycles. The summed E-state index contributed by atoms with van der Waals surface area (Å²) in [6, 6.07) is 9.07. The molecule has 0 aliphatic heterocycles. The van der Waals surface area contributed by atoms with E-state index >= 15 is 0 Å². The van der Waals surface area contributed by atoms with Crippen LogP contribution in [0.25, 0.3) is 0 Å². The lowest BCUT2D eigenvalue weighted by Gasteiger charge is -2.66. The van der Waals surface area contributed by atoms with Crippen molar-refractivity contribution in [1.82, 2.24) is 5.32 Å². The maximum atomic E-state index is 13.4. The monoisotopic (exact) mass is 523 g/mol. The van der Waals surface area contributed by atoms with E-state index in [1.165, 1.54) is 44.9 Å². The van der Waals surface area contributed by atoms with Crippen LogP contribution in [0.1, 0.15) is 116 Å². The Balaban J connectivity index is 1.41. The molecule has 10 atom stereocenters. The van der Waals surface area contributed by atoms with Crippen LogP contribution in [0.5, 0.6) is 0 Å². The molecule has 0 unspecified atom stereocenters. The van der Waals surface area contributed by atoms with Gasteiger partial charge in [0.2, 0.25) is 0 Å². The van der Waals surface area contributed by atoms with E-state index in [4.69, 9.17) is 0 Å². The molecule has 0 saturated heterocycles. The van der Waals surface area contributed by atoms with Gasteiger partial charge in [0, 0.05) is 17.4 Å². The third-order valence-electron chi connectivity index (χ3n) is 12.4. The Labute approximate surface area is 231 Å². The fraction of sp³-hybridized carbons (Fsp3) is 0.794. The average Bonchev–Trinajstić information content (AvgIpc) is 3.23. The molecule has 4 fully saturated rings. The normalized spacial score (nSPS) is 43.2. The van der Waals surface area contributed by atoms with E-state index in [1.54, 1.807) is 0 Å². The van der Waals surface area contributed by atoms with Crippen LogP contribution in [0.3, 0.4) is 0 Å². The Morgan fingerprint density at radius 2 is 1.74 bits per heavy atom. The first-order valence-electron chi connectivity index (χ1n) is 15.8. The first-order chi connectivity index (χ1) is 18.0. The van der Waals surface area contributed by atoms with Crippen molar-refractivity contribution in [2.24, 2.45) is 46.3 Å². The Kier molecular flexibility index (Phi) is 7.81. The van der Waals surface area contributed by atoms with Crippen LogP contribution in [-0.2, 0) is 0 Å². The maximum Gasteiger partial charge on any atom is 0.251 e. The Morgan fingerprint density at radius 1 is 1.00 bits per heavy atom. The quantitative estimate of drug-likeness (QED) is 0.361. The number of fused-ring (bicyclic) bond motifs is 5. The minimum absolute atomic E-state index is 0.105. The number of hydrogen-bond acceptors (Lipinski definition) is 3. The van der Waals surface area contributed by atoms with Gasteiger partial charge in [0.25, 0.3) is 5.91 Å². The van der Waals surface area contributed by atoms with Crippen molar-refractivity contribution >= 4 is 5.91 Å². The average molecular weight is 524 g/mol. The minimum Gasteiger partial charge on any atom is -0.393 e. The van der Waals surface area contributed by atoms with Gasteiger partial charge in [0.1, 0.15) is 0 Å². The molecule has 3 N–H and O–H groups in total. The van der Waals surface area contributed by atoms with Gasteiger partial charge in [-0.1, -0.05) is 72.1 Å². The van der Waals surface area contributed by atoms with Crippen molar-refractivity contribution in [2.75, 3.05) is 0 Å². The third kappa shape index (κ3) is 4.66. The number of rotatable bonds is 7. The molecule has 1 amide bonds. The van der Waals surface area contributed by atoms with Gasteiger partial charge in [-0.05, 0) is 98.0 Å². The Morgan fingerprint density at radius 3 is 2.45 bits per heavy atom. The van der Waals surface area contributed by atoms with Crippen molar-refractivity contribution in [1.29, 1.82) is 0 Å². The smallest absolute Gasteiger partial charge is 0.251 e. The molecule has 0 spiro atoms. The van der Waals surface area contributed by atoms with E-state index < -0.39 is 11.7 Å². The number of amides is 1. The molecule has 4 nitrogen and oxygen atoms in total. The topological polar surface area (TPSA) is 69.6 Å². The molecule has 0 radical (unpaired) electrons. The Bertz CT molecular complexity index is 979. The summed E-state index contributed by atoms with van der Waals surface area (Å²) in [4.78, 5) is 13.4. The summed E-state index contributed by atoms with van der Waals surface area (Å²) in [5.41, 5.74) is -0.370. The number of hydrogen-bond donors (Lipinski definition) is 3. The van der Waals surface area contributed by atoms with E-state index in [-0.39, 0.29) is 17.4 Å². The summed E-state index contributed by atoms with van der Waals surface area (Å²) in [5, 5.41) is 26.5. The maximum absolute atomic E-state index is 13.4. The van der Waals surface area contributed by atoms with Gasteiger partial charge < -0.3 is 15.5 Å². The fourth-order valence-corrected chi connectivity index (χ4v) is 10.3. The molecule has 1 aromatic rings. The standard InChI is InChI=1S/C34H53NO3/c1-22(2)10-9-11-23(3)27-14-15-28-26-20-30(35-31(37)24-12-7-6-8-13-24)34(38)21-25(36)16-19-33(34,5)29(26)17-18-32(27,28)4/h6-8,12-13,22-23,25-30,36,38H,9-11,14-21H2,1-5H3,(H,35,37)/t23-,25+,26+,27-,28+,29+,30-,32-,33-,34+/m1/s1. The predicted octanol–water partition coefficient (Wildman–Crippen LogP) is 6.99. The number of carbonyl (C=O) groups is 1. The molecule has 212 valence electrons. The molecular formula is C34H53NO3. The van der Waals surface area contributed by atoms with E-state index in [2.05, 4.69) is 39.9 Å². The zero-order chi connectivity index (χ0) is 27.3. The highest BCUT2D eigenvalue weighted by Crippen LogP contribution is 2.69. The van der Waals surface area contributed by atoms with Crippen LogP contribution in [0.2, 0.25) is 0 Å². The van der Waals surface area contributed by atoms with Crippen LogP contribution in [0.4, 0.5) is 0 Å². The molecule has 4 saturated carbocycles. The van der Waals surface area contributed by atoms with Gasteiger partial charge in [-0.25, -0.2) is 0 Å². The Hall–Kier alpha value is -1.39. The molecule has 5 rings (SSSR count). The number of benzene rings is 1. The second-order valence-electron chi connectivity index (χ2n) is 14.8. The molecule has 1 aromatic carbocycles. The summed E-state index contributed by atoms with van der Waals surface area (Å²) < 4.78 is 0. The SMILES string of the molecule is CC(C)CCC[C@@H](C)[C@H]1CC[C@H]2[C@@H]3C[C@@H](NC(=O)c4ccccc4)[C@@]4(O)C[C@@H](O)CC[C@]4(C)[C@H]3CC[C@]12C. The number of nitrogens with one attached hydrogen (secondary N) is 1. The van der Waals surface area contributed by atoms with Gasteiger partial charge in [-0.15, -0.1) is 0 Å². The van der Waals surface area contributed by atoms with E-state index in [9.17, 15) is 15.0 Å². The van der Waals surface area contributed by atoms with Gasteiger partial charge in [0.15, 0.2) is 0 Å². The zero-order valence-corrected chi connectivity index (χ0v) is 24.6. The molecule has 4 aliphatic rings. The summed E-state index contributed by atoms with van der Waals surface area (Å²) in [6.07, 6.45) is 11.3. The predicted molar refractivity (Wildman–Crippen MR) is 154 cm³/mol. The second kappa shape index (κ2) is 10.5. The molecule has 4 heteroatoms. The van der Waals surface area contributed by atoms with Gasteiger partial charge in [-0.3, -0.25) is 4.79 Å². The lowest BCUT2D eigenvalue weighted by molar-refractivity contribution is -0.232. The molecular weight excluding hydrogens is 470 g/mol. The summed E-state index contributed by atoms with van der Waals surface area (Å²) in [5.74, 6) is 3.84. The van der Waals surface area contributed by atoms with Gasteiger partial charge >= 0.3 is 0 Å². The molecule has 4 aliphatic carbocycles. The van der Waals surface area contributed by atoms with Crippen molar-refractivity contribution in [3.8, 4) is 0 Å². The minimum atomic E-state index is -1.08. The molecule has 0 heterocycles. The first kappa shape index (κ1) is 28.1. The van der Waals surface area contributed by atoms with Crippen molar-refractivity contribution < 1.29 is 15.0 Å². The molecule has 0 bridgehead atoms. The van der Waals surface area contributed by atoms with E-state index in [0.717, 1.165) is 37.0 Å². The van der Waals surface area contributed by atoms with Crippen LogP contribution < -0.4 is 5.32 Å². The number of aliphatic hydroxyl groups is 2. The highest BCUT2D eigenvalue weighted by Gasteiger charge is 2.67. The van der Waals surface area contributed by atoms with Crippen LogP contribution >= 0.6 is 0 Å². The summed E-state index contributed by atoms with van der Waals surface area (Å²) >= 11 is 0. The van der Waals surface area contributed by atoms with Crippen LogP contribution in [0, 0.1) is 46.3 Å².